The molecule has 0 spiro atoms. The molecule has 1 rings (SSSR count). The van der Waals surface area contributed by atoms with E-state index < -0.39 is 0 Å². The van der Waals surface area contributed by atoms with E-state index in [1.807, 2.05) is 4.90 Å². The molecule has 0 bridgehead atoms. The molecule has 1 heterocycles. The molecule has 1 aliphatic heterocycles. The topological polar surface area (TPSA) is 79.1 Å². The summed E-state index contributed by atoms with van der Waals surface area (Å²) < 4.78 is 0. The van der Waals surface area contributed by atoms with Crippen LogP contribution in [0.15, 0.2) is 0 Å². The highest BCUT2D eigenvalue weighted by Crippen LogP contribution is 2.14. The van der Waals surface area contributed by atoms with E-state index in [4.69, 9.17) is 16.9 Å². The molecule has 4 nitrogen and oxygen atoms in total. The van der Waals surface area contributed by atoms with E-state index in [2.05, 4.69) is 0 Å². The van der Waals surface area contributed by atoms with Crippen LogP contribution in [0.1, 0.15) is 12.8 Å². The second kappa shape index (κ2) is 2.88. The Morgan fingerprint density at radius 2 is 2.40 bits per heavy atom. The fourth-order valence-corrected chi connectivity index (χ4v) is 1.40. The average Bonchev–Trinajstić information content (AvgIpc) is 2.33. The third-order valence-electron chi connectivity index (χ3n) is 1.96. The number of guanidine groups is 1. The van der Waals surface area contributed by atoms with Crippen LogP contribution < -0.4 is 11.5 Å². The summed E-state index contributed by atoms with van der Waals surface area (Å²) >= 11 is 0. The molecule has 0 radical (unpaired) electrons. The maximum atomic E-state index is 7.17. The van der Waals surface area contributed by atoms with Crippen molar-refractivity contribution >= 4 is 5.96 Å². The molecule has 0 aromatic carbocycles. The first-order valence-corrected chi connectivity index (χ1v) is 3.56. The minimum Gasteiger partial charge on any atom is -0.370 e. The Labute approximate surface area is 60.7 Å². The number of nitrogens with zero attached hydrogens (tertiary/aromatic N) is 1. The van der Waals surface area contributed by atoms with E-state index in [9.17, 15) is 0 Å². The number of rotatable bonds is 1. The van der Waals surface area contributed by atoms with Gasteiger partial charge in [0, 0.05) is 19.1 Å². The van der Waals surface area contributed by atoms with Crippen molar-refractivity contribution < 1.29 is 0 Å². The summed E-state index contributed by atoms with van der Waals surface area (Å²) in [6.45, 7) is 1.51. The zero-order valence-electron chi connectivity index (χ0n) is 6.01. The Morgan fingerprint density at radius 3 is 2.80 bits per heavy atom. The summed E-state index contributed by atoms with van der Waals surface area (Å²) in [5.74, 6) is 0.160. The van der Waals surface area contributed by atoms with Crippen molar-refractivity contribution in [3.05, 3.63) is 0 Å². The molecule has 10 heavy (non-hydrogen) atoms. The first-order chi connectivity index (χ1) is 4.75. The van der Waals surface area contributed by atoms with Gasteiger partial charge in [-0.15, -0.1) is 0 Å². The Morgan fingerprint density at radius 1 is 1.70 bits per heavy atom. The van der Waals surface area contributed by atoms with Crippen LogP contribution in [0, 0.1) is 5.41 Å². The van der Waals surface area contributed by atoms with E-state index in [0.29, 0.717) is 12.6 Å². The van der Waals surface area contributed by atoms with Crippen molar-refractivity contribution in [1.29, 1.82) is 5.41 Å². The summed E-state index contributed by atoms with van der Waals surface area (Å²) in [6, 6.07) is 0.317. The van der Waals surface area contributed by atoms with E-state index in [1.54, 1.807) is 0 Å². The van der Waals surface area contributed by atoms with E-state index in [0.717, 1.165) is 19.4 Å². The normalized spacial score (nSPS) is 25.3. The molecule has 1 saturated heterocycles. The summed E-state index contributed by atoms with van der Waals surface area (Å²) in [7, 11) is 0. The quantitative estimate of drug-likeness (QED) is 0.334. The molecule has 1 fully saturated rings. The summed E-state index contributed by atoms with van der Waals surface area (Å²) in [5, 5.41) is 7.17. The fourth-order valence-electron chi connectivity index (χ4n) is 1.40. The first kappa shape index (κ1) is 7.34. The second-order valence-corrected chi connectivity index (χ2v) is 2.61. The molecule has 1 atom stereocenters. The third kappa shape index (κ3) is 1.21. The van der Waals surface area contributed by atoms with Gasteiger partial charge < -0.3 is 16.4 Å². The minimum atomic E-state index is 0.160. The van der Waals surface area contributed by atoms with Gasteiger partial charge in [-0.05, 0) is 12.8 Å². The SMILES string of the molecule is N=C(N)N1CCC[C@@H]1CN. The average molecular weight is 142 g/mol. The smallest absolute Gasteiger partial charge is 0.188 e. The number of hydrogen-bond donors (Lipinski definition) is 3. The largest absolute Gasteiger partial charge is 0.370 e. The van der Waals surface area contributed by atoms with Gasteiger partial charge in [0.25, 0.3) is 0 Å². The lowest BCUT2D eigenvalue weighted by Gasteiger charge is -2.22. The predicted octanol–water partition coefficient (Wildman–Crippen LogP) is -0.697. The molecular formula is C6H14N4. The monoisotopic (exact) mass is 142 g/mol. The second-order valence-electron chi connectivity index (χ2n) is 2.61. The predicted molar refractivity (Wildman–Crippen MR) is 40.7 cm³/mol. The third-order valence-corrected chi connectivity index (χ3v) is 1.96. The van der Waals surface area contributed by atoms with Crippen LogP contribution in [0.2, 0.25) is 0 Å². The zero-order valence-corrected chi connectivity index (χ0v) is 6.01. The molecule has 1 aliphatic rings. The van der Waals surface area contributed by atoms with Crippen LogP contribution in [0.5, 0.6) is 0 Å². The zero-order chi connectivity index (χ0) is 7.56. The Balaban J connectivity index is 2.50. The lowest BCUT2D eigenvalue weighted by Crippen LogP contribution is -2.43. The van der Waals surface area contributed by atoms with Crippen LogP contribution in [-0.4, -0.2) is 30.0 Å². The minimum absolute atomic E-state index is 0.160. The van der Waals surface area contributed by atoms with Gasteiger partial charge in [0.2, 0.25) is 0 Å². The first-order valence-electron chi connectivity index (χ1n) is 3.56. The highest BCUT2D eigenvalue weighted by molar-refractivity contribution is 5.75. The van der Waals surface area contributed by atoms with Crippen molar-refractivity contribution in [1.82, 2.24) is 4.90 Å². The van der Waals surface area contributed by atoms with Crippen LogP contribution in [0.3, 0.4) is 0 Å². The molecule has 0 amide bonds. The Bertz CT molecular complexity index is 134. The molecule has 4 heteroatoms. The van der Waals surface area contributed by atoms with Crippen molar-refractivity contribution in [2.24, 2.45) is 11.5 Å². The molecule has 0 aromatic rings. The van der Waals surface area contributed by atoms with E-state index in [1.165, 1.54) is 0 Å². The highest BCUT2D eigenvalue weighted by Gasteiger charge is 2.23. The molecule has 5 N–H and O–H groups in total. The molecular weight excluding hydrogens is 128 g/mol. The van der Waals surface area contributed by atoms with Crippen LogP contribution in [-0.2, 0) is 0 Å². The Hall–Kier alpha value is -0.770. The number of nitrogens with two attached hydrogens (primary N) is 2. The molecule has 58 valence electrons. The van der Waals surface area contributed by atoms with Crippen molar-refractivity contribution in [3.63, 3.8) is 0 Å². The van der Waals surface area contributed by atoms with Gasteiger partial charge >= 0.3 is 0 Å². The van der Waals surface area contributed by atoms with Crippen molar-refractivity contribution in [2.45, 2.75) is 18.9 Å². The molecule has 0 aliphatic carbocycles. The molecule has 0 unspecified atom stereocenters. The number of hydrogen-bond acceptors (Lipinski definition) is 2. The van der Waals surface area contributed by atoms with Gasteiger partial charge in [-0.25, -0.2) is 0 Å². The Kier molecular flexibility index (Phi) is 2.11. The van der Waals surface area contributed by atoms with Gasteiger partial charge in [-0.2, -0.15) is 0 Å². The van der Waals surface area contributed by atoms with Crippen molar-refractivity contribution in [3.8, 4) is 0 Å². The molecule has 0 saturated carbocycles. The van der Waals surface area contributed by atoms with Crippen molar-refractivity contribution in [2.75, 3.05) is 13.1 Å². The number of likely N-dealkylation sites (tertiary alicyclic amines) is 1. The van der Waals surface area contributed by atoms with Crippen LogP contribution >= 0.6 is 0 Å². The lowest BCUT2D eigenvalue weighted by molar-refractivity contribution is 0.389. The van der Waals surface area contributed by atoms with Crippen LogP contribution in [0.4, 0.5) is 0 Å². The number of nitrogens with one attached hydrogen (secondary N) is 1. The summed E-state index contributed by atoms with van der Waals surface area (Å²) in [5.41, 5.74) is 10.8. The highest BCUT2D eigenvalue weighted by atomic mass is 15.3. The van der Waals surface area contributed by atoms with E-state index in [-0.39, 0.29) is 5.96 Å². The van der Waals surface area contributed by atoms with Crippen LogP contribution in [0.25, 0.3) is 0 Å². The lowest BCUT2D eigenvalue weighted by atomic mass is 10.2. The van der Waals surface area contributed by atoms with Gasteiger partial charge in [0.15, 0.2) is 5.96 Å². The van der Waals surface area contributed by atoms with Gasteiger partial charge in [0.1, 0.15) is 0 Å². The van der Waals surface area contributed by atoms with Gasteiger partial charge in [-0.1, -0.05) is 0 Å². The summed E-state index contributed by atoms with van der Waals surface area (Å²) in [6.07, 6.45) is 2.19. The maximum absolute atomic E-state index is 7.17. The fraction of sp³-hybridized carbons (Fsp3) is 0.833. The van der Waals surface area contributed by atoms with E-state index >= 15 is 0 Å². The van der Waals surface area contributed by atoms with Gasteiger partial charge in [0.05, 0.1) is 0 Å². The standard InChI is InChI=1S/C6H14N4/c7-4-5-2-1-3-10(5)6(8)9/h5H,1-4,7H2,(H3,8,9)/t5-/m1/s1. The maximum Gasteiger partial charge on any atom is 0.188 e. The van der Waals surface area contributed by atoms with Gasteiger partial charge in [-0.3, -0.25) is 5.41 Å². The summed E-state index contributed by atoms with van der Waals surface area (Å²) in [4.78, 5) is 1.86. The molecule has 0 aromatic heterocycles.